The molecule has 1 fully saturated rings. The zero-order valence-electron chi connectivity index (χ0n) is 14.0. The van der Waals surface area contributed by atoms with Crippen LogP contribution in [-0.2, 0) is 10.4 Å². The highest BCUT2D eigenvalue weighted by Crippen LogP contribution is 2.31. The fourth-order valence-corrected chi connectivity index (χ4v) is 3.54. The standard InChI is InChI=1S/C19H24N2O4/c20-18(23)19(24,14-6-2-1-3-7-14)13-21-10-4-8-15(21)12-16(22)17-9-5-11-25-17/h1-3,5-7,9,11,15-16,22,24H,4,8,10,12-13H2,(H2,20,23)/t15-,16-,19+/m1/s1. The van der Waals surface area contributed by atoms with Crippen LogP contribution in [-0.4, -0.2) is 40.2 Å². The van der Waals surface area contributed by atoms with Gasteiger partial charge in [0.2, 0.25) is 0 Å². The number of aliphatic hydroxyl groups excluding tert-OH is 1. The predicted molar refractivity (Wildman–Crippen MR) is 92.4 cm³/mol. The van der Waals surface area contributed by atoms with Gasteiger partial charge in [0.15, 0.2) is 5.60 Å². The van der Waals surface area contributed by atoms with Gasteiger partial charge in [0.1, 0.15) is 11.9 Å². The van der Waals surface area contributed by atoms with Crippen molar-refractivity contribution in [2.45, 2.75) is 37.0 Å². The third kappa shape index (κ3) is 3.76. The number of benzene rings is 1. The minimum Gasteiger partial charge on any atom is -0.467 e. The van der Waals surface area contributed by atoms with E-state index in [4.69, 9.17) is 10.2 Å². The number of hydrogen-bond donors (Lipinski definition) is 3. The first-order chi connectivity index (χ1) is 12.0. The van der Waals surface area contributed by atoms with Gasteiger partial charge in [0.25, 0.3) is 5.91 Å². The number of primary amides is 1. The number of amides is 1. The fraction of sp³-hybridized carbons (Fsp3) is 0.421. The molecule has 1 saturated heterocycles. The largest absolute Gasteiger partial charge is 0.467 e. The molecule has 0 saturated carbocycles. The van der Waals surface area contributed by atoms with E-state index in [0.29, 0.717) is 17.7 Å². The summed E-state index contributed by atoms with van der Waals surface area (Å²) in [4.78, 5) is 14.0. The molecule has 0 aliphatic carbocycles. The number of β-amino-alcohol motifs (C(OH)–C–C–N with tert-alkyl or cyclic N) is 1. The van der Waals surface area contributed by atoms with Crippen LogP contribution < -0.4 is 5.73 Å². The van der Waals surface area contributed by atoms with Gasteiger partial charge in [0, 0.05) is 12.6 Å². The molecule has 1 aliphatic heterocycles. The number of nitrogens with zero attached hydrogens (tertiary/aromatic N) is 1. The van der Waals surface area contributed by atoms with Crippen molar-refractivity contribution in [3.05, 3.63) is 60.1 Å². The third-order valence-electron chi connectivity index (χ3n) is 4.96. The molecule has 134 valence electrons. The Bertz CT molecular complexity index is 689. The highest BCUT2D eigenvalue weighted by molar-refractivity contribution is 5.85. The van der Waals surface area contributed by atoms with Crippen molar-refractivity contribution in [1.82, 2.24) is 4.90 Å². The summed E-state index contributed by atoms with van der Waals surface area (Å²) >= 11 is 0. The number of carbonyl (C=O) groups excluding carboxylic acids is 1. The maximum atomic E-state index is 12.0. The van der Waals surface area contributed by atoms with Gasteiger partial charge < -0.3 is 20.4 Å². The Morgan fingerprint density at radius 3 is 2.72 bits per heavy atom. The third-order valence-corrected chi connectivity index (χ3v) is 4.96. The normalized spacial score (nSPS) is 21.8. The number of likely N-dealkylation sites (tertiary alicyclic amines) is 1. The summed E-state index contributed by atoms with van der Waals surface area (Å²) in [6, 6.07) is 12.3. The van der Waals surface area contributed by atoms with Crippen molar-refractivity contribution in [2.24, 2.45) is 5.73 Å². The molecule has 6 heteroatoms. The number of nitrogens with two attached hydrogens (primary N) is 1. The van der Waals surface area contributed by atoms with Gasteiger partial charge in [-0.1, -0.05) is 30.3 Å². The quantitative estimate of drug-likeness (QED) is 0.707. The Morgan fingerprint density at radius 2 is 2.08 bits per heavy atom. The Labute approximate surface area is 146 Å². The lowest BCUT2D eigenvalue weighted by Gasteiger charge is -2.34. The first kappa shape index (κ1) is 17.7. The second-order valence-electron chi connectivity index (χ2n) is 6.62. The van der Waals surface area contributed by atoms with Crippen LogP contribution in [0.3, 0.4) is 0 Å². The van der Waals surface area contributed by atoms with E-state index >= 15 is 0 Å². The molecule has 2 aromatic rings. The lowest BCUT2D eigenvalue weighted by Crippen LogP contribution is -2.51. The average Bonchev–Trinajstić information content (AvgIpc) is 3.28. The number of rotatable bonds is 7. The minimum atomic E-state index is -1.75. The Balaban J connectivity index is 1.74. The van der Waals surface area contributed by atoms with E-state index in [1.54, 1.807) is 36.4 Å². The van der Waals surface area contributed by atoms with Crippen LogP contribution in [0, 0.1) is 0 Å². The molecule has 0 radical (unpaired) electrons. The van der Waals surface area contributed by atoms with E-state index in [2.05, 4.69) is 0 Å². The molecule has 0 spiro atoms. The van der Waals surface area contributed by atoms with Gasteiger partial charge in [0.05, 0.1) is 6.26 Å². The molecule has 3 rings (SSSR count). The van der Waals surface area contributed by atoms with Crippen LogP contribution in [0.2, 0.25) is 0 Å². The van der Waals surface area contributed by atoms with E-state index in [-0.39, 0.29) is 12.6 Å². The molecule has 0 bridgehead atoms. The summed E-state index contributed by atoms with van der Waals surface area (Å²) in [5.74, 6) is -0.240. The van der Waals surface area contributed by atoms with Gasteiger partial charge in [-0.3, -0.25) is 9.69 Å². The maximum Gasteiger partial charge on any atom is 0.255 e. The lowest BCUT2D eigenvalue weighted by atomic mass is 9.91. The van der Waals surface area contributed by atoms with Crippen LogP contribution in [0.4, 0.5) is 0 Å². The van der Waals surface area contributed by atoms with Crippen LogP contribution >= 0.6 is 0 Å². The zero-order chi connectivity index (χ0) is 17.9. The molecule has 1 aliphatic rings. The molecule has 6 nitrogen and oxygen atoms in total. The molecule has 1 aromatic heterocycles. The highest BCUT2D eigenvalue weighted by Gasteiger charge is 2.41. The van der Waals surface area contributed by atoms with Crippen molar-refractivity contribution in [3.63, 3.8) is 0 Å². The molecule has 1 amide bonds. The van der Waals surface area contributed by atoms with Crippen LogP contribution in [0.15, 0.2) is 53.1 Å². The number of hydrogen-bond acceptors (Lipinski definition) is 5. The monoisotopic (exact) mass is 344 g/mol. The Morgan fingerprint density at radius 1 is 1.32 bits per heavy atom. The van der Waals surface area contributed by atoms with Crippen LogP contribution in [0.1, 0.15) is 36.7 Å². The highest BCUT2D eigenvalue weighted by atomic mass is 16.4. The minimum absolute atomic E-state index is 0.0506. The van der Waals surface area contributed by atoms with E-state index in [9.17, 15) is 15.0 Å². The van der Waals surface area contributed by atoms with Crippen molar-refractivity contribution < 1.29 is 19.4 Å². The topological polar surface area (TPSA) is 99.9 Å². The Hall–Kier alpha value is -2.15. The van der Waals surface area contributed by atoms with Crippen LogP contribution in [0.5, 0.6) is 0 Å². The number of carbonyl (C=O) groups is 1. The maximum absolute atomic E-state index is 12.0. The number of aliphatic hydroxyl groups is 2. The lowest BCUT2D eigenvalue weighted by molar-refractivity contribution is -0.140. The zero-order valence-corrected chi connectivity index (χ0v) is 14.0. The van der Waals surface area contributed by atoms with E-state index in [0.717, 1.165) is 19.4 Å². The van der Waals surface area contributed by atoms with Crippen molar-refractivity contribution in [2.75, 3.05) is 13.1 Å². The molecule has 25 heavy (non-hydrogen) atoms. The first-order valence-electron chi connectivity index (χ1n) is 8.54. The predicted octanol–water partition coefficient (Wildman–Crippen LogP) is 1.54. The Kier molecular flexibility index (Phi) is 5.22. The summed E-state index contributed by atoms with van der Waals surface area (Å²) in [6.07, 6.45) is 3.14. The molecular formula is C19H24N2O4. The van der Waals surface area contributed by atoms with Gasteiger partial charge in [-0.2, -0.15) is 0 Å². The molecule has 2 heterocycles. The summed E-state index contributed by atoms with van der Waals surface area (Å²) in [7, 11) is 0. The average molecular weight is 344 g/mol. The molecular weight excluding hydrogens is 320 g/mol. The summed E-state index contributed by atoms with van der Waals surface area (Å²) in [5, 5.41) is 21.3. The summed E-state index contributed by atoms with van der Waals surface area (Å²) in [5.41, 5.74) is 4.26. The van der Waals surface area contributed by atoms with E-state index in [1.165, 1.54) is 6.26 Å². The van der Waals surface area contributed by atoms with E-state index in [1.807, 2.05) is 11.0 Å². The second-order valence-corrected chi connectivity index (χ2v) is 6.62. The molecule has 0 unspecified atom stereocenters. The number of furan rings is 1. The second kappa shape index (κ2) is 7.39. The SMILES string of the molecule is NC(=O)[C@](O)(CN1CCC[C@@H]1C[C@@H](O)c1ccco1)c1ccccc1. The first-order valence-corrected chi connectivity index (χ1v) is 8.54. The molecule has 4 N–H and O–H groups in total. The van der Waals surface area contributed by atoms with Crippen molar-refractivity contribution in [1.29, 1.82) is 0 Å². The van der Waals surface area contributed by atoms with Gasteiger partial charge in [-0.15, -0.1) is 0 Å². The molecule has 1 aromatic carbocycles. The fourth-order valence-electron chi connectivity index (χ4n) is 3.54. The van der Waals surface area contributed by atoms with Crippen molar-refractivity contribution in [3.8, 4) is 0 Å². The van der Waals surface area contributed by atoms with E-state index < -0.39 is 17.6 Å². The summed E-state index contributed by atoms with van der Waals surface area (Å²) in [6.45, 7) is 0.861. The van der Waals surface area contributed by atoms with Gasteiger partial charge >= 0.3 is 0 Å². The van der Waals surface area contributed by atoms with Gasteiger partial charge in [-0.25, -0.2) is 0 Å². The van der Waals surface area contributed by atoms with Gasteiger partial charge in [-0.05, 0) is 43.5 Å². The van der Waals surface area contributed by atoms with Crippen molar-refractivity contribution >= 4 is 5.91 Å². The summed E-state index contributed by atoms with van der Waals surface area (Å²) < 4.78 is 5.26. The van der Waals surface area contributed by atoms with Crippen LogP contribution in [0.25, 0.3) is 0 Å². The smallest absolute Gasteiger partial charge is 0.255 e. The molecule has 3 atom stereocenters.